The lowest BCUT2D eigenvalue weighted by molar-refractivity contribution is -0.122. The molecule has 1 atom stereocenters. The maximum absolute atomic E-state index is 12.0. The van der Waals surface area contributed by atoms with Gasteiger partial charge in [-0.1, -0.05) is 15.9 Å². The summed E-state index contributed by atoms with van der Waals surface area (Å²) in [5.41, 5.74) is 0.739. The van der Waals surface area contributed by atoms with Crippen molar-refractivity contribution in [2.45, 2.75) is 12.5 Å². The van der Waals surface area contributed by atoms with Crippen LogP contribution in [0.3, 0.4) is 0 Å². The maximum atomic E-state index is 12.0. The third-order valence-corrected chi connectivity index (χ3v) is 3.70. The topological polar surface area (TPSA) is 63.7 Å². The van der Waals surface area contributed by atoms with Gasteiger partial charge in [0.1, 0.15) is 0 Å². The lowest BCUT2D eigenvalue weighted by Gasteiger charge is -2.16. The Morgan fingerprint density at radius 1 is 1.33 bits per heavy atom. The number of nitrogens with zero attached hydrogens (tertiary/aromatic N) is 1. The van der Waals surface area contributed by atoms with Crippen LogP contribution in [0.4, 0.5) is 5.69 Å². The first-order valence-corrected chi connectivity index (χ1v) is 7.93. The Morgan fingerprint density at radius 2 is 1.94 bits per heavy atom. The van der Waals surface area contributed by atoms with Gasteiger partial charge < -0.3 is 4.90 Å². The SMILES string of the molecule is CS(=O)(=O)OC1CCN(c2ccc(Br)cc2)C1=O. The molecule has 0 spiro atoms. The summed E-state index contributed by atoms with van der Waals surface area (Å²) in [4.78, 5) is 13.5. The molecule has 1 amide bonds. The molecule has 0 aromatic heterocycles. The number of carbonyl (C=O) groups excluding carboxylic acids is 1. The van der Waals surface area contributed by atoms with E-state index >= 15 is 0 Å². The molecule has 1 saturated heterocycles. The molecule has 0 bridgehead atoms. The van der Waals surface area contributed by atoms with E-state index in [0.29, 0.717) is 13.0 Å². The molecular formula is C11H12BrNO4S. The summed E-state index contributed by atoms with van der Waals surface area (Å²) in [6.07, 6.45) is 0.425. The number of halogens is 1. The molecule has 1 fully saturated rings. The number of rotatable bonds is 3. The number of amides is 1. The minimum Gasteiger partial charge on any atom is -0.310 e. The molecule has 1 aromatic rings. The van der Waals surface area contributed by atoms with Gasteiger partial charge in [0.15, 0.2) is 6.10 Å². The molecule has 18 heavy (non-hydrogen) atoms. The van der Waals surface area contributed by atoms with E-state index in [0.717, 1.165) is 16.4 Å². The smallest absolute Gasteiger partial charge is 0.265 e. The van der Waals surface area contributed by atoms with Gasteiger partial charge in [0.25, 0.3) is 16.0 Å². The van der Waals surface area contributed by atoms with Crippen LogP contribution in [0.15, 0.2) is 28.7 Å². The van der Waals surface area contributed by atoms with Crippen LogP contribution < -0.4 is 4.90 Å². The number of hydrogen-bond acceptors (Lipinski definition) is 4. The average Bonchev–Trinajstić information content (AvgIpc) is 2.60. The normalized spacial score (nSPS) is 20.4. The van der Waals surface area contributed by atoms with E-state index in [-0.39, 0.29) is 5.91 Å². The van der Waals surface area contributed by atoms with E-state index in [4.69, 9.17) is 4.18 Å². The molecule has 7 heteroatoms. The average molecular weight is 334 g/mol. The van der Waals surface area contributed by atoms with Gasteiger partial charge in [0.05, 0.1) is 6.26 Å². The molecule has 1 aliphatic heterocycles. The van der Waals surface area contributed by atoms with Crippen molar-refractivity contribution in [1.29, 1.82) is 0 Å². The highest BCUT2D eigenvalue weighted by Crippen LogP contribution is 2.25. The second-order valence-electron chi connectivity index (χ2n) is 4.04. The van der Waals surface area contributed by atoms with Crippen molar-refractivity contribution >= 4 is 37.6 Å². The Hall–Kier alpha value is -0.920. The third kappa shape index (κ3) is 3.09. The quantitative estimate of drug-likeness (QED) is 0.787. The van der Waals surface area contributed by atoms with Crippen LogP contribution in [0.25, 0.3) is 0 Å². The molecule has 1 aromatic carbocycles. The zero-order valence-electron chi connectivity index (χ0n) is 9.67. The summed E-state index contributed by atoms with van der Waals surface area (Å²) in [7, 11) is -3.61. The highest BCUT2D eigenvalue weighted by atomic mass is 79.9. The number of anilines is 1. The number of hydrogen-bond donors (Lipinski definition) is 0. The Balaban J connectivity index is 2.14. The standard InChI is InChI=1S/C11H12BrNO4S/c1-18(15,16)17-10-6-7-13(11(10)14)9-4-2-8(12)3-5-9/h2-5,10H,6-7H2,1H3. The Morgan fingerprint density at radius 3 is 2.50 bits per heavy atom. The van der Waals surface area contributed by atoms with Gasteiger partial charge in [-0.25, -0.2) is 0 Å². The highest BCUT2D eigenvalue weighted by Gasteiger charge is 2.35. The first-order chi connectivity index (χ1) is 8.37. The van der Waals surface area contributed by atoms with Gasteiger partial charge in [-0.05, 0) is 24.3 Å². The predicted molar refractivity (Wildman–Crippen MR) is 70.8 cm³/mol. The zero-order valence-corrected chi connectivity index (χ0v) is 12.1. The van der Waals surface area contributed by atoms with E-state index in [1.165, 1.54) is 4.90 Å². The van der Waals surface area contributed by atoms with Crippen molar-refractivity contribution in [3.63, 3.8) is 0 Å². The van der Waals surface area contributed by atoms with Crippen LogP contribution in [0.5, 0.6) is 0 Å². The van der Waals surface area contributed by atoms with Crippen molar-refractivity contribution in [2.24, 2.45) is 0 Å². The minimum atomic E-state index is -3.61. The molecule has 1 aliphatic rings. The molecule has 1 unspecified atom stereocenters. The van der Waals surface area contributed by atoms with Crippen LogP contribution >= 0.6 is 15.9 Å². The van der Waals surface area contributed by atoms with Gasteiger partial charge in [-0.15, -0.1) is 0 Å². The van der Waals surface area contributed by atoms with Gasteiger partial charge >= 0.3 is 0 Å². The Bertz CT molecular complexity index is 555. The summed E-state index contributed by atoms with van der Waals surface area (Å²) in [5, 5.41) is 0. The summed E-state index contributed by atoms with van der Waals surface area (Å²) in [5.74, 6) is -0.317. The Labute approximate surface area is 114 Å². The van der Waals surface area contributed by atoms with E-state index in [1.807, 2.05) is 12.1 Å². The second kappa shape index (κ2) is 4.99. The molecule has 0 aliphatic carbocycles. The van der Waals surface area contributed by atoms with Gasteiger partial charge in [-0.2, -0.15) is 8.42 Å². The van der Waals surface area contributed by atoms with Crippen molar-refractivity contribution in [3.8, 4) is 0 Å². The first-order valence-electron chi connectivity index (χ1n) is 5.32. The van der Waals surface area contributed by atoms with Crippen LogP contribution in [0, 0.1) is 0 Å². The fourth-order valence-electron chi connectivity index (χ4n) is 1.83. The largest absolute Gasteiger partial charge is 0.310 e. The zero-order chi connectivity index (χ0) is 13.3. The highest BCUT2D eigenvalue weighted by molar-refractivity contribution is 9.10. The monoisotopic (exact) mass is 333 g/mol. The van der Waals surface area contributed by atoms with Gasteiger partial charge in [-0.3, -0.25) is 8.98 Å². The molecular weight excluding hydrogens is 322 g/mol. The predicted octanol–water partition coefficient (Wildman–Crippen LogP) is 1.53. The lowest BCUT2D eigenvalue weighted by Crippen LogP contribution is -2.31. The number of carbonyl (C=O) groups is 1. The Kier molecular flexibility index (Phi) is 3.74. The van der Waals surface area contributed by atoms with Crippen LogP contribution in [0.2, 0.25) is 0 Å². The summed E-state index contributed by atoms with van der Waals surface area (Å²) in [6, 6.07) is 7.25. The summed E-state index contributed by atoms with van der Waals surface area (Å²) >= 11 is 3.31. The van der Waals surface area contributed by atoms with E-state index in [9.17, 15) is 13.2 Å². The van der Waals surface area contributed by atoms with Gasteiger partial charge in [0, 0.05) is 23.1 Å². The first kappa shape index (κ1) is 13.5. The molecule has 98 valence electrons. The molecule has 5 nitrogen and oxygen atoms in total. The second-order valence-corrected chi connectivity index (χ2v) is 6.56. The third-order valence-electron chi connectivity index (χ3n) is 2.59. The van der Waals surface area contributed by atoms with Crippen LogP contribution in [-0.4, -0.2) is 33.2 Å². The molecule has 1 heterocycles. The number of benzene rings is 1. The maximum Gasteiger partial charge on any atom is 0.265 e. The van der Waals surface area contributed by atoms with E-state index in [2.05, 4.69) is 15.9 Å². The molecule has 0 radical (unpaired) electrons. The summed E-state index contributed by atoms with van der Waals surface area (Å²) < 4.78 is 27.7. The van der Waals surface area contributed by atoms with Crippen LogP contribution in [-0.2, 0) is 19.1 Å². The fourth-order valence-corrected chi connectivity index (χ4v) is 2.70. The van der Waals surface area contributed by atoms with E-state index in [1.54, 1.807) is 12.1 Å². The molecule has 0 N–H and O–H groups in total. The fraction of sp³-hybridized carbons (Fsp3) is 0.364. The summed E-state index contributed by atoms with van der Waals surface area (Å²) in [6.45, 7) is 0.459. The van der Waals surface area contributed by atoms with Crippen molar-refractivity contribution in [1.82, 2.24) is 0 Å². The lowest BCUT2D eigenvalue weighted by atomic mass is 10.3. The molecule has 0 saturated carbocycles. The van der Waals surface area contributed by atoms with Crippen molar-refractivity contribution in [2.75, 3.05) is 17.7 Å². The van der Waals surface area contributed by atoms with Gasteiger partial charge in [0.2, 0.25) is 0 Å². The van der Waals surface area contributed by atoms with Crippen molar-refractivity contribution in [3.05, 3.63) is 28.7 Å². The van der Waals surface area contributed by atoms with Crippen LogP contribution in [0.1, 0.15) is 6.42 Å². The molecule has 2 rings (SSSR count). The van der Waals surface area contributed by atoms with Crippen molar-refractivity contribution < 1.29 is 17.4 Å². The minimum absolute atomic E-state index is 0.317. The van der Waals surface area contributed by atoms with E-state index < -0.39 is 16.2 Å².